The van der Waals surface area contributed by atoms with Gasteiger partial charge in [-0.2, -0.15) is 0 Å². The number of aromatic nitrogens is 1. The molecule has 0 amide bonds. The minimum Gasteiger partial charge on any atom is -0.461 e. The van der Waals surface area contributed by atoms with Gasteiger partial charge in [0.05, 0.1) is 11.1 Å². The van der Waals surface area contributed by atoms with Crippen molar-refractivity contribution in [3.05, 3.63) is 33.4 Å². The van der Waals surface area contributed by atoms with Crippen molar-refractivity contribution in [1.82, 2.24) is 4.57 Å². The lowest BCUT2D eigenvalue weighted by molar-refractivity contribution is 0.0514. The molecular weight excluding hydrogens is 305 g/mol. The third-order valence-corrected chi connectivity index (χ3v) is 3.61. The molecule has 0 saturated heterocycles. The summed E-state index contributed by atoms with van der Waals surface area (Å²) in [6.45, 7) is 2.14. The van der Waals surface area contributed by atoms with Gasteiger partial charge in [0.15, 0.2) is 0 Å². The summed E-state index contributed by atoms with van der Waals surface area (Å²) in [6.07, 6.45) is 0. The number of benzene rings is 1. The normalized spacial score (nSPS) is 10.8. The molecule has 3 nitrogen and oxygen atoms in total. The first-order valence-corrected chi connectivity index (χ1v) is 6.34. The summed E-state index contributed by atoms with van der Waals surface area (Å²) in [5, 5.41) is 1.54. The quantitative estimate of drug-likeness (QED) is 0.790. The number of carbonyl (C=O) groups is 1. The zero-order chi connectivity index (χ0) is 12.6. The molecule has 0 aliphatic carbocycles. The first-order chi connectivity index (χ1) is 8.06. The van der Waals surface area contributed by atoms with Crippen LogP contribution in [0.4, 0.5) is 0 Å². The van der Waals surface area contributed by atoms with Crippen molar-refractivity contribution in [3.63, 3.8) is 0 Å². The summed E-state index contributed by atoms with van der Waals surface area (Å²) in [7, 11) is 1.83. The minimum absolute atomic E-state index is 0.339. The van der Waals surface area contributed by atoms with Crippen molar-refractivity contribution in [2.75, 3.05) is 6.61 Å². The standard InChI is InChI=1S/C12H11BrClNO2/c1-3-17-12(16)11-10(13)8-6-7(14)4-5-9(8)15(11)2/h4-6H,3H2,1-2H3. The molecule has 0 atom stereocenters. The van der Waals surface area contributed by atoms with Crippen LogP contribution in [0.3, 0.4) is 0 Å². The van der Waals surface area contributed by atoms with Crippen LogP contribution in [0, 0.1) is 0 Å². The van der Waals surface area contributed by atoms with E-state index in [0.717, 1.165) is 15.4 Å². The zero-order valence-corrected chi connectivity index (χ0v) is 11.8. The van der Waals surface area contributed by atoms with E-state index in [1.807, 2.05) is 19.2 Å². The Hall–Kier alpha value is -1.00. The molecule has 0 spiro atoms. The van der Waals surface area contributed by atoms with Gasteiger partial charge < -0.3 is 9.30 Å². The maximum absolute atomic E-state index is 11.8. The lowest BCUT2D eigenvalue weighted by atomic mass is 10.2. The molecule has 1 heterocycles. The van der Waals surface area contributed by atoms with Gasteiger partial charge >= 0.3 is 5.97 Å². The number of aryl methyl sites for hydroxylation is 1. The van der Waals surface area contributed by atoms with Gasteiger partial charge in [-0.05, 0) is 41.1 Å². The highest BCUT2D eigenvalue weighted by atomic mass is 79.9. The van der Waals surface area contributed by atoms with Crippen LogP contribution in [0.15, 0.2) is 22.7 Å². The lowest BCUT2D eigenvalue weighted by Gasteiger charge is -2.04. The van der Waals surface area contributed by atoms with Crippen LogP contribution < -0.4 is 0 Å². The van der Waals surface area contributed by atoms with E-state index >= 15 is 0 Å². The van der Waals surface area contributed by atoms with Gasteiger partial charge in [0.1, 0.15) is 5.69 Å². The largest absolute Gasteiger partial charge is 0.461 e. The van der Waals surface area contributed by atoms with Crippen molar-refractivity contribution in [2.45, 2.75) is 6.92 Å². The molecule has 1 aromatic carbocycles. The van der Waals surface area contributed by atoms with E-state index in [2.05, 4.69) is 15.9 Å². The van der Waals surface area contributed by atoms with Gasteiger partial charge in [0, 0.05) is 23.0 Å². The molecule has 2 rings (SSSR count). The van der Waals surface area contributed by atoms with E-state index in [1.54, 1.807) is 17.6 Å². The summed E-state index contributed by atoms with van der Waals surface area (Å²) in [6, 6.07) is 5.50. The number of fused-ring (bicyclic) bond motifs is 1. The van der Waals surface area contributed by atoms with Gasteiger partial charge in [0.2, 0.25) is 0 Å². The summed E-state index contributed by atoms with van der Waals surface area (Å²) in [5.74, 6) is -0.339. The fourth-order valence-electron chi connectivity index (χ4n) is 1.80. The summed E-state index contributed by atoms with van der Waals surface area (Å²) in [4.78, 5) is 11.8. The molecule has 0 saturated carbocycles. The molecule has 0 bridgehead atoms. The van der Waals surface area contributed by atoms with E-state index in [1.165, 1.54) is 0 Å². The monoisotopic (exact) mass is 315 g/mol. The van der Waals surface area contributed by atoms with Gasteiger partial charge in [-0.3, -0.25) is 0 Å². The van der Waals surface area contributed by atoms with Gasteiger partial charge in [0.25, 0.3) is 0 Å². The van der Waals surface area contributed by atoms with E-state index in [0.29, 0.717) is 17.3 Å². The smallest absolute Gasteiger partial charge is 0.356 e. The first kappa shape index (κ1) is 12.5. The van der Waals surface area contributed by atoms with E-state index < -0.39 is 0 Å². The molecule has 0 aliphatic heterocycles. The Morgan fingerprint density at radius 2 is 2.24 bits per heavy atom. The molecule has 0 aliphatic rings. The summed E-state index contributed by atoms with van der Waals surface area (Å²) < 4.78 is 7.54. The second-order valence-electron chi connectivity index (χ2n) is 3.60. The maximum Gasteiger partial charge on any atom is 0.356 e. The predicted octanol–water partition coefficient (Wildman–Crippen LogP) is 3.77. The third kappa shape index (κ3) is 2.07. The molecule has 5 heteroatoms. The molecule has 17 heavy (non-hydrogen) atoms. The highest BCUT2D eigenvalue weighted by molar-refractivity contribution is 9.10. The van der Waals surface area contributed by atoms with Gasteiger partial charge in [-0.15, -0.1) is 0 Å². The van der Waals surface area contributed by atoms with E-state index in [-0.39, 0.29) is 5.97 Å². The fourth-order valence-corrected chi connectivity index (χ4v) is 2.72. The Morgan fingerprint density at radius 3 is 2.88 bits per heavy atom. The number of carbonyl (C=O) groups excluding carboxylic acids is 1. The van der Waals surface area contributed by atoms with Crippen molar-refractivity contribution < 1.29 is 9.53 Å². The third-order valence-electron chi connectivity index (χ3n) is 2.57. The van der Waals surface area contributed by atoms with Gasteiger partial charge in [-0.1, -0.05) is 11.6 Å². The van der Waals surface area contributed by atoms with Crippen LogP contribution >= 0.6 is 27.5 Å². The van der Waals surface area contributed by atoms with Crippen LogP contribution in [-0.2, 0) is 11.8 Å². The number of ether oxygens (including phenoxy) is 1. The average Bonchev–Trinajstić information content (AvgIpc) is 2.52. The minimum atomic E-state index is -0.339. The zero-order valence-electron chi connectivity index (χ0n) is 9.46. The number of hydrogen-bond acceptors (Lipinski definition) is 2. The number of halogens is 2. The fraction of sp³-hybridized carbons (Fsp3) is 0.250. The van der Waals surface area contributed by atoms with Crippen LogP contribution in [-0.4, -0.2) is 17.1 Å². The summed E-state index contributed by atoms with van der Waals surface area (Å²) >= 11 is 9.37. The van der Waals surface area contributed by atoms with Crippen LogP contribution in [0.1, 0.15) is 17.4 Å². The Bertz CT molecular complexity index is 592. The molecule has 1 aromatic heterocycles. The highest BCUT2D eigenvalue weighted by Crippen LogP contribution is 2.32. The molecule has 2 aromatic rings. The molecule has 0 radical (unpaired) electrons. The Balaban J connectivity index is 2.68. The van der Waals surface area contributed by atoms with Crippen molar-refractivity contribution in [1.29, 1.82) is 0 Å². The first-order valence-electron chi connectivity index (χ1n) is 5.16. The molecule has 90 valence electrons. The van der Waals surface area contributed by atoms with Gasteiger partial charge in [-0.25, -0.2) is 4.79 Å². The second-order valence-corrected chi connectivity index (χ2v) is 4.83. The number of rotatable bonds is 2. The van der Waals surface area contributed by atoms with E-state index in [9.17, 15) is 4.79 Å². The SMILES string of the molecule is CCOC(=O)c1c(Br)c2cc(Cl)ccc2n1C. The number of nitrogens with zero attached hydrogens (tertiary/aromatic N) is 1. The second kappa shape index (κ2) is 4.70. The molecule has 0 fully saturated rings. The van der Waals surface area contributed by atoms with Crippen molar-refractivity contribution in [2.24, 2.45) is 7.05 Å². The number of esters is 1. The molecular formula is C12H11BrClNO2. The Labute approximate surface area is 112 Å². The van der Waals surface area contributed by atoms with Crippen molar-refractivity contribution in [3.8, 4) is 0 Å². The Kier molecular flexibility index (Phi) is 3.45. The predicted molar refractivity (Wildman–Crippen MR) is 71.6 cm³/mol. The lowest BCUT2D eigenvalue weighted by Crippen LogP contribution is -2.10. The van der Waals surface area contributed by atoms with Crippen LogP contribution in [0.2, 0.25) is 5.02 Å². The van der Waals surface area contributed by atoms with E-state index in [4.69, 9.17) is 16.3 Å². The number of hydrogen-bond donors (Lipinski definition) is 0. The van der Waals surface area contributed by atoms with Crippen molar-refractivity contribution >= 4 is 44.4 Å². The molecule has 0 N–H and O–H groups in total. The topological polar surface area (TPSA) is 31.2 Å². The maximum atomic E-state index is 11.8. The van der Waals surface area contributed by atoms with Crippen LogP contribution in [0.25, 0.3) is 10.9 Å². The van der Waals surface area contributed by atoms with Crippen LogP contribution in [0.5, 0.6) is 0 Å². The highest BCUT2D eigenvalue weighted by Gasteiger charge is 2.20. The average molecular weight is 317 g/mol. The Morgan fingerprint density at radius 1 is 1.53 bits per heavy atom. The molecule has 0 unspecified atom stereocenters. The summed E-state index contributed by atoms with van der Waals surface area (Å²) in [5.41, 5.74) is 1.44.